The summed E-state index contributed by atoms with van der Waals surface area (Å²) in [5.41, 5.74) is 0.939. The summed E-state index contributed by atoms with van der Waals surface area (Å²) in [6.45, 7) is 1.71. The van der Waals surface area contributed by atoms with Crippen LogP contribution in [0, 0.1) is 0 Å². The van der Waals surface area contributed by atoms with Crippen LogP contribution in [-0.4, -0.2) is 71.3 Å². The van der Waals surface area contributed by atoms with E-state index in [4.69, 9.17) is 9.47 Å². The van der Waals surface area contributed by atoms with Crippen LogP contribution in [0.3, 0.4) is 0 Å². The van der Waals surface area contributed by atoms with Gasteiger partial charge in [0, 0.05) is 26.1 Å². The van der Waals surface area contributed by atoms with E-state index in [1.54, 1.807) is 4.90 Å². The molecule has 2 saturated heterocycles. The lowest BCUT2D eigenvalue weighted by Gasteiger charge is -2.35. The molecule has 3 rings (SSSR count). The van der Waals surface area contributed by atoms with Gasteiger partial charge < -0.3 is 19.5 Å². The first kappa shape index (κ1) is 20.1. The van der Waals surface area contributed by atoms with Gasteiger partial charge in [-0.1, -0.05) is 30.3 Å². The van der Waals surface area contributed by atoms with Crippen molar-refractivity contribution >= 4 is 18.0 Å². The molecular formula is C20H26N2O6. The van der Waals surface area contributed by atoms with Crippen molar-refractivity contribution in [3.63, 3.8) is 0 Å². The standard InChI is InChI=1S/C20H26N2O6/c23-18-7-4-10-22(19(24)25)17(18)14-27-16-8-11-21(12-9-16)20(26)28-13-15-5-2-1-3-6-15/h1-3,5-6,16-17H,4,7-14H2,(H,24,25)/t17-/m0/s1. The molecule has 28 heavy (non-hydrogen) atoms. The second-order valence-electron chi connectivity index (χ2n) is 7.12. The first-order chi connectivity index (χ1) is 13.5. The van der Waals surface area contributed by atoms with Crippen molar-refractivity contribution in [2.24, 2.45) is 0 Å². The molecule has 8 heteroatoms. The van der Waals surface area contributed by atoms with Crippen molar-refractivity contribution in [2.45, 2.75) is 44.4 Å². The number of ketones is 1. The summed E-state index contributed by atoms with van der Waals surface area (Å²) in [6, 6.07) is 8.79. The van der Waals surface area contributed by atoms with E-state index in [1.165, 1.54) is 4.90 Å². The summed E-state index contributed by atoms with van der Waals surface area (Å²) < 4.78 is 11.2. The van der Waals surface area contributed by atoms with Gasteiger partial charge in [-0.05, 0) is 24.8 Å². The lowest BCUT2D eigenvalue weighted by atomic mass is 10.0. The zero-order chi connectivity index (χ0) is 19.9. The lowest BCUT2D eigenvalue weighted by Crippen LogP contribution is -2.51. The Hall–Kier alpha value is -2.61. The van der Waals surface area contributed by atoms with Crippen molar-refractivity contribution < 1.29 is 29.0 Å². The minimum atomic E-state index is -1.09. The lowest BCUT2D eigenvalue weighted by molar-refractivity contribution is -0.130. The van der Waals surface area contributed by atoms with E-state index in [-0.39, 0.29) is 31.2 Å². The summed E-state index contributed by atoms with van der Waals surface area (Å²) in [5, 5.41) is 9.25. The van der Waals surface area contributed by atoms with Crippen LogP contribution in [0.5, 0.6) is 0 Å². The third kappa shape index (κ3) is 5.22. The minimum absolute atomic E-state index is 0.0776. The molecule has 2 aliphatic rings. The van der Waals surface area contributed by atoms with E-state index >= 15 is 0 Å². The molecule has 8 nitrogen and oxygen atoms in total. The molecule has 2 fully saturated rings. The molecule has 0 bridgehead atoms. The fourth-order valence-corrected chi connectivity index (χ4v) is 3.57. The number of likely N-dealkylation sites (tertiary alicyclic amines) is 2. The number of benzene rings is 1. The highest BCUT2D eigenvalue weighted by Gasteiger charge is 2.34. The van der Waals surface area contributed by atoms with Gasteiger partial charge in [0.05, 0.1) is 12.7 Å². The monoisotopic (exact) mass is 390 g/mol. The Bertz CT molecular complexity index is 687. The third-order valence-corrected chi connectivity index (χ3v) is 5.21. The highest BCUT2D eigenvalue weighted by atomic mass is 16.6. The number of rotatable bonds is 5. The second-order valence-corrected chi connectivity index (χ2v) is 7.12. The van der Waals surface area contributed by atoms with E-state index in [9.17, 15) is 19.5 Å². The van der Waals surface area contributed by atoms with E-state index in [2.05, 4.69) is 0 Å². The number of carbonyl (C=O) groups excluding carboxylic acids is 2. The molecule has 1 N–H and O–H groups in total. The van der Waals surface area contributed by atoms with Gasteiger partial charge in [0.15, 0.2) is 5.78 Å². The molecule has 1 aromatic carbocycles. The number of carbonyl (C=O) groups is 3. The number of amides is 2. The van der Waals surface area contributed by atoms with Crippen molar-refractivity contribution in [2.75, 3.05) is 26.2 Å². The van der Waals surface area contributed by atoms with Gasteiger partial charge in [0.1, 0.15) is 12.6 Å². The molecule has 1 atom stereocenters. The topological polar surface area (TPSA) is 96.4 Å². The van der Waals surface area contributed by atoms with Crippen molar-refractivity contribution in [1.82, 2.24) is 9.80 Å². The quantitative estimate of drug-likeness (QED) is 0.830. The average Bonchev–Trinajstić information content (AvgIpc) is 2.72. The molecule has 0 aromatic heterocycles. The number of piperidine rings is 2. The molecule has 0 spiro atoms. The zero-order valence-electron chi connectivity index (χ0n) is 15.8. The number of nitrogens with zero attached hydrogens (tertiary/aromatic N) is 2. The fraction of sp³-hybridized carbons (Fsp3) is 0.550. The number of hydrogen-bond donors (Lipinski definition) is 1. The second kappa shape index (κ2) is 9.54. The minimum Gasteiger partial charge on any atom is -0.465 e. The Balaban J connectivity index is 1.40. The van der Waals surface area contributed by atoms with E-state index in [1.807, 2.05) is 30.3 Å². The molecular weight excluding hydrogens is 364 g/mol. The molecule has 0 radical (unpaired) electrons. The highest BCUT2D eigenvalue weighted by Crippen LogP contribution is 2.19. The van der Waals surface area contributed by atoms with E-state index in [0.29, 0.717) is 45.3 Å². The van der Waals surface area contributed by atoms with Gasteiger partial charge in [0.2, 0.25) is 0 Å². The predicted octanol–water partition coefficient (Wildman–Crippen LogP) is 2.52. The maximum Gasteiger partial charge on any atom is 0.410 e. The Morgan fingerprint density at radius 2 is 1.82 bits per heavy atom. The summed E-state index contributed by atoms with van der Waals surface area (Å²) in [5.74, 6) is -0.0874. The van der Waals surface area contributed by atoms with Gasteiger partial charge in [-0.2, -0.15) is 0 Å². The smallest absolute Gasteiger partial charge is 0.410 e. The Kier molecular flexibility index (Phi) is 6.86. The molecule has 0 unspecified atom stereocenters. The maximum absolute atomic E-state index is 12.2. The summed E-state index contributed by atoms with van der Waals surface area (Å²) in [4.78, 5) is 38.4. The van der Waals surface area contributed by atoms with Crippen molar-refractivity contribution in [3.8, 4) is 0 Å². The van der Waals surface area contributed by atoms with Gasteiger partial charge in [-0.15, -0.1) is 0 Å². The van der Waals surface area contributed by atoms with Crippen LogP contribution in [0.15, 0.2) is 30.3 Å². The number of ether oxygens (including phenoxy) is 2. The SMILES string of the molecule is O=C1CCCN(C(=O)O)[C@H]1COC1CCN(C(=O)OCc2ccccc2)CC1. The fourth-order valence-electron chi connectivity index (χ4n) is 3.57. The Morgan fingerprint density at radius 1 is 1.11 bits per heavy atom. The van der Waals surface area contributed by atoms with E-state index in [0.717, 1.165) is 5.56 Å². The average molecular weight is 390 g/mol. The van der Waals surface area contributed by atoms with Crippen LogP contribution in [0.4, 0.5) is 9.59 Å². The van der Waals surface area contributed by atoms with Gasteiger partial charge >= 0.3 is 12.2 Å². The predicted molar refractivity (Wildman–Crippen MR) is 99.9 cm³/mol. The number of Topliss-reactive ketones (excluding diaryl/α,β-unsaturated/α-hetero) is 1. The largest absolute Gasteiger partial charge is 0.465 e. The molecule has 0 aliphatic carbocycles. The van der Waals surface area contributed by atoms with Crippen LogP contribution >= 0.6 is 0 Å². The van der Waals surface area contributed by atoms with E-state index < -0.39 is 12.1 Å². The maximum atomic E-state index is 12.2. The number of carboxylic acid groups (broad SMARTS) is 1. The van der Waals surface area contributed by atoms with Crippen LogP contribution in [0.2, 0.25) is 0 Å². The molecule has 2 amide bonds. The number of hydrogen-bond acceptors (Lipinski definition) is 5. The Labute approximate surface area is 164 Å². The van der Waals surface area contributed by atoms with Crippen LogP contribution in [0.1, 0.15) is 31.2 Å². The van der Waals surface area contributed by atoms with Crippen molar-refractivity contribution in [3.05, 3.63) is 35.9 Å². The highest BCUT2D eigenvalue weighted by molar-refractivity contribution is 5.88. The van der Waals surface area contributed by atoms with Crippen LogP contribution in [-0.2, 0) is 20.9 Å². The molecule has 152 valence electrons. The first-order valence-electron chi connectivity index (χ1n) is 9.64. The Morgan fingerprint density at radius 3 is 2.50 bits per heavy atom. The van der Waals surface area contributed by atoms with Crippen molar-refractivity contribution in [1.29, 1.82) is 0 Å². The van der Waals surface area contributed by atoms with Gasteiger partial charge in [-0.3, -0.25) is 9.69 Å². The zero-order valence-corrected chi connectivity index (χ0v) is 15.8. The molecule has 2 aliphatic heterocycles. The molecule has 2 heterocycles. The van der Waals surface area contributed by atoms with Crippen LogP contribution in [0.25, 0.3) is 0 Å². The molecule has 0 saturated carbocycles. The van der Waals surface area contributed by atoms with Crippen LogP contribution < -0.4 is 0 Å². The summed E-state index contributed by atoms with van der Waals surface area (Å²) in [6.07, 6.45) is 0.695. The molecule has 1 aromatic rings. The summed E-state index contributed by atoms with van der Waals surface area (Å²) >= 11 is 0. The first-order valence-corrected chi connectivity index (χ1v) is 9.64. The van der Waals surface area contributed by atoms with Gasteiger partial charge in [0.25, 0.3) is 0 Å². The third-order valence-electron chi connectivity index (χ3n) is 5.21. The summed E-state index contributed by atoms with van der Waals surface area (Å²) in [7, 11) is 0. The normalized spacial score (nSPS) is 20.9. The van der Waals surface area contributed by atoms with Gasteiger partial charge in [-0.25, -0.2) is 9.59 Å².